The van der Waals surface area contributed by atoms with Crippen LogP contribution in [0.1, 0.15) is 27.9 Å². The second-order valence-corrected chi connectivity index (χ2v) is 7.00. The second-order valence-electron chi connectivity index (χ2n) is 4.98. The van der Waals surface area contributed by atoms with Gasteiger partial charge in [-0.05, 0) is 48.7 Å². The quantitative estimate of drug-likeness (QED) is 0.915. The molecule has 6 heteroatoms. The van der Waals surface area contributed by atoms with Crippen molar-refractivity contribution < 1.29 is 9.53 Å². The van der Waals surface area contributed by atoms with Crippen molar-refractivity contribution in [2.75, 3.05) is 20.2 Å². The van der Waals surface area contributed by atoms with Gasteiger partial charge in [0.2, 0.25) is 0 Å². The molecule has 1 aromatic heterocycles. The lowest BCUT2D eigenvalue weighted by atomic mass is 10.1. The molecule has 0 aromatic carbocycles. The van der Waals surface area contributed by atoms with Crippen LogP contribution in [-0.2, 0) is 0 Å². The van der Waals surface area contributed by atoms with Crippen molar-refractivity contribution in [3.8, 4) is 5.75 Å². The van der Waals surface area contributed by atoms with Crippen molar-refractivity contribution in [1.82, 2.24) is 4.90 Å². The van der Waals surface area contributed by atoms with Gasteiger partial charge in [0, 0.05) is 17.5 Å². The number of nitrogens with zero attached hydrogens (tertiary/aromatic N) is 1. The van der Waals surface area contributed by atoms with Crippen molar-refractivity contribution in [3.63, 3.8) is 0 Å². The highest BCUT2D eigenvalue weighted by Gasteiger charge is 2.34. The van der Waals surface area contributed by atoms with E-state index in [9.17, 15) is 4.79 Å². The Morgan fingerprint density at radius 1 is 1.63 bits per heavy atom. The van der Waals surface area contributed by atoms with Crippen LogP contribution in [0.3, 0.4) is 0 Å². The first-order valence-electron chi connectivity index (χ1n) is 6.33. The molecule has 2 N–H and O–H groups in total. The molecule has 2 unspecified atom stereocenters. The van der Waals surface area contributed by atoms with Gasteiger partial charge in [-0.1, -0.05) is 0 Å². The Morgan fingerprint density at radius 3 is 2.84 bits per heavy atom. The van der Waals surface area contributed by atoms with E-state index in [-0.39, 0.29) is 11.9 Å². The van der Waals surface area contributed by atoms with Gasteiger partial charge in [0.1, 0.15) is 4.88 Å². The van der Waals surface area contributed by atoms with E-state index in [1.165, 1.54) is 11.3 Å². The number of nitrogens with two attached hydrogens (primary N) is 1. The fraction of sp³-hybridized carbons (Fsp3) is 0.615. The smallest absolute Gasteiger partial charge is 0.268 e. The Hall–Kier alpha value is -0.590. The second kappa shape index (κ2) is 5.81. The molecule has 0 saturated carbocycles. The molecule has 1 aliphatic heterocycles. The zero-order chi connectivity index (χ0) is 14.2. The van der Waals surface area contributed by atoms with E-state index in [1.54, 1.807) is 7.11 Å². The molecule has 1 amide bonds. The zero-order valence-corrected chi connectivity index (χ0v) is 13.8. The molecule has 4 nitrogen and oxygen atoms in total. The molecular formula is C13H19BrN2O2S. The maximum Gasteiger partial charge on any atom is 0.268 e. The lowest BCUT2D eigenvalue weighted by molar-refractivity contribution is 0.0745. The normalized spacial score (nSPS) is 22.9. The lowest BCUT2D eigenvalue weighted by Gasteiger charge is -2.21. The lowest BCUT2D eigenvalue weighted by Crippen LogP contribution is -2.34. The highest BCUT2D eigenvalue weighted by Crippen LogP contribution is 2.40. The first kappa shape index (κ1) is 14.8. The first-order chi connectivity index (χ1) is 8.99. The van der Waals surface area contributed by atoms with Crippen LogP contribution in [0.2, 0.25) is 0 Å². The summed E-state index contributed by atoms with van der Waals surface area (Å²) in [6, 6.07) is 0.243. The van der Waals surface area contributed by atoms with Gasteiger partial charge in [0.05, 0.1) is 11.6 Å². The Kier molecular flexibility index (Phi) is 4.53. The molecule has 1 saturated heterocycles. The third-order valence-electron chi connectivity index (χ3n) is 3.62. The number of hydrogen-bond acceptors (Lipinski definition) is 4. The van der Waals surface area contributed by atoms with Crippen LogP contribution < -0.4 is 10.5 Å². The number of carbonyl (C=O) groups is 1. The average molecular weight is 347 g/mol. The minimum atomic E-state index is 0.0547. The number of ether oxygens (including phenoxy) is 1. The number of thiophene rings is 1. The minimum absolute atomic E-state index is 0.0547. The molecule has 2 rings (SSSR count). The number of carbonyl (C=O) groups excluding carboxylic acids is 1. The molecule has 0 radical (unpaired) electrons. The summed E-state index contributed by atoms with van der Waals surface area (Å²) in [5, 5.41) is 0. The summed E-state index contributed by atoms with van der Waals surface area (Å²) in [4.78, 5) is 16.3. The van der Waals surface area contributed by atoms with E-state index >= 15 is 0 Å². The van der Waals surface area contributed by atoms with E-state index in [4.69, 9.17) is 10.5 Å². The van der Waals surface area contributed by atoms with Crippen LogP contribution in [0.15, 0.2) is 4.47 Å². The number of methoxy groups -OCH3 is 1. The molecule has 2 atom stereocenters. The largest absolute Gasteiger partial charge is 0.494 e. The van der Waals surface area contributed by atoms with Gasteiger partial charge in [-0.25, -0.2) is 0 Å². The highest BCUT2D eigenvalue weighted by molar-refractivity contribution is 9.10. The maximum absolute atomic E-state index is 12.7. The molecule has 2 heterocycles. The molecule has 1 aromatic rings. The third kappa shape index (κ3) is 2.66. The summed E-state index contributed by atoms with van der Waals surface area (Å²) >= 11 is 4.95. The highest BCUT2D eigenvalue weighted by atomic mass is 79.9. The Bertz CT molecular complexity index is 489. The van der Waals surface area contributed by atoms with Gasteiger partial charge in [-0.2, -0.15) is 0 Å². The Labute approximate surface area is 126 Å². The molecule has 0 bridgehead atoms. The fourth-order valence-electron chi connectivity index (χ4n) is 2.55. The Balaban J connectivity index is 2.27. The predicted molar refractivity (Wildman–Crippen MR) is 81.0 cm³/mol. The maximum atomic E-state index is 12.7. The molecule has 106 valence electrons. The standard InChI is InChI=1S/C13H19BrN2O2S/c1-7-4-9(5-15)6-16(7)13(17)12-11(18-3)10(14)8(2)19-12/h7,9H,4-6,15H2,1-3H3. The number of aryl methyl sites for hydroxylation is 1. The number of hydrogen-bond donors (Lipinski definition) is 1. The van der Waals surface area contributed by atoms with Crippen molar-refractivity contribution in [3.05, 3.63) is 14.2 Å². The van der Waals surface area contributed by atoms with Crippen LogP contribution in [0, 0.1) is 12.8 Å². The van der Waals surface area contributed by atoms with Gasteiger partial charge >= 0.3 is 0 Å². The predicted octanol–water partition coefficient (Wildman–Crippen LogP) is 2.64. The van der Waals surface area contributed by atoms with Crippen LogP contribution in [0.4, 0.5) is 0 Å². The van der Waals surface area contributed by atoms with E-state index in [0.29, 0.717) is 23.1 Å². The minimum Gasteiger partial charge on any atom is -0.494 e. The van der Waals surface area contributed by atoms with Gasteiger partial charge < -0.3 is 15.4 Å². The SMILES string of the molecule is COc1c(C(=O)N2CC(CN)CC2C)sc(C)c1Br. The van der Waals surface area contributed by atoms with E-state index in [2.05, 4.69) is 22.9 Å². The summed E-state index contributed by atoms with van der Waals surface area (Å²) in [7, 11) is 1.60. The summed E-state index contributed by atoms with van der Waals surface area (Å²) in [5.74, 6) is 1.12. The molecule has 0 aliphatic carbocycles. The van der Waals surface area contributed by atoms with Crippen molar-refractivity contribution in [2.24, 2.45) is 11.7 Å². The zero-order valence-electron chi connectivity index (χ0n) is 11.4. The van der Waals surface area contributed by atoms with Crippen LogP contribution in [0.25, 0.3) is 0 Å². The summed E-state index contributed by atoms with van der Waals surface area (Å²) < 4.78 is 6.24. The van der Waals surface area contributed by atoms with Crippen LogP contribution >= 0.6 is 27.3 Å². The summed E-state index contributed by atoms with van der Waals surface area (Å²) in [6.07, 6.45) is 0.982. The van der Waals surface area contributed by atoms with Crippen molar-refractivity contribution >= 4 is 33.2 Å². The fourth-order valence-corrected chi connectivity index (χ4v) is 4.26. The van der Waals surface area contributed by atoms with E-state index in [0.717, 1.165) is 22.3 Å². The van der Waals surface area contributed by atoms with Gasteiger partial charge in [-0.15, -0.1) is 11.3 Å². The molecule has 0 spiro atoms. The number of amides is 1. The number of halogens is 1. The summed E-state index contributed by atoms with van der Waals surface area (Å²) in [6.45, 7) is 5.44. The van der Waals surface area contributed by atoms with Gasteiger partial charge in [-0.3, -0.25) is 4.79 Å². The number of likely N-dealkylation sites (tertiary alicyclic amines) is 1. The molecular weight excluding hydrogens is 328 g/mol. The van der Waals surface area contributed by atoms with Gasteiger partial charge in [0.15, 0.2) is 5.75 Å². The number of rotatable bonds is 3. The summed E-state index contributed by atoms with van der Waals surface area (Å²) in [5.41, 5.74) is 5.71. The van der Waals surface area contributed by atoms with Crippen LogP contribution in [-0.4, -0.2) is 37.0 Å². The molecule has 1 fully saturated rings. The topological polar surface area (TPSA) is 55.6 Å². The van der Waals surface area contributed by atoms with Crippen molar-refractivity contribution in [2.45, 2.75) is 26.3 Å². The Morgan fingerprint density at radius 2 is 2.32 bits per heavy atom. The average Bonchev–Trinajstić information content (AvgIpc) is 2.90. The molecule has 1 aliphatic rings. The van der Waals surface area contributed by atoms with Crippen molar-refractivity contribution in [1.29, 1.82) is 0 Å². The molecule has 19 heavy (non-hydrogen) atoms. The third-order valence-corrected chi connectivity index (χ3v) is 5.92. The monoisotopic (exact) mass is 346 g/mol. The van der Waals surface area contributed by atoms with Crippen LogP contribution in [0.5, 0.6) is 5.75 Å². The van der Waals surface area contributed by atoms with Gasteiger partial charge in [0.25, 0.3) is 5.91 Å². The van der Waals surface area contributed by atoms with E-state index < -0.39 is 0 Å². The van der Waals surface area contributed by atoms with E-state index in [1.807, 2.05) is 11.8 Å². The first-order valence-corrected chi connectivity index (χ1v) is 7.94.